The number of nitrogens with zero attached hydrogens (tertiary/aromatic N) is 1. The Balaban J connectivity index is 1.68. The lowest BCUT2D eigenvalue weighted by Gasteiger charge is -2.54. The summed E-state index contributed by atoms with van der Waals surface area (Å²) in [7, 11) is 0. The lowest BCUT2D eigenvalue weighted by molar-refractivity contribution is -0.0116. The van der Waals surface area contributed by atoms with E-state index in [0.717, 1.165) is 42.5 Å². The third kappa shape index (κ3) is 3.28. The molecule has 3 atom stereocenters. The van der Waals surface area contributed by atoms with Crippen LogP contribution < -0.4 is 0 Å². The Kier molecular flexibility index (Phi) is 4.94. The summed E-state index contributed by atoms with van der Waals surface area (Å²) < 4.78 is 0. The summed E-state index contributed by atoms with van der Waals surface area (Å²) in [6.45, 7) is 2.26. The van der Waals surface area contributed by atoms with Gasteiger partial charge in [0.25, 0.3) is 0 Å². The predicted octanol–water partition coefficient (Wildman–Crippen LogP) is 5.76. The molecule has 0 amide bonds. The first-order valence-electron chi connectivity index (χ1n) is 11.3. The van der Waals surface area contributed by atoms with Crippen LogP contribution in [0.4, 0.5) is 0 Å². The molecule has 1 saturated carbocycles. The quantitative estimate of drug-likeness (QED) is 0.576. The number of phenolic OH excluding ortho intramolecular Hbond substituents is 1. The standard InChI is InChI=1S/C28H29NO2/c1-2-27-18-23(16-20-8-4-3-5-9-20)28(31,26-10-6-7-15-29-26)19-22(27)12-11-21-17-24(30)13-14-25(21)27/h3-10,13-17,22,30-31H,2,11-12,18-19H2,1H3/b23-16-. The summed E-state index contributed by atoms with van der Waals surface area (Å²) in [5, 5.41) is 22.2. The van der Waals surface area contributed by atoms with Gasteiger partial charge in [-0.15, -0.1) is 0 Å². The number of phenols is 1. The van der Waals surface area contributed by atoms with Crippen molar-refractivity contribution in [2.75, 3.05) is 0 Å². The van der Waals surface area contributed by atoms with Gasteiger partial charge in [-0.25, -0.2) is 0 Å². The molecule has 2 aromatic carbocycles. The Morgan fingerprint density at radius 1 is 1.06 bits per heavy atom. The molecule has 5 rings (SSSR count). The number of benzene rings is 2. The van der Waals surface area contributed by atoms with E-state index in [-0.39, 0.29) is 5.41 Å². The summed E-state index contributed by atoms with van der Waals surface area (Å²) in [5.41, 5.74) is 4.33. The molecular formula is C28H29NO2. The molecule has 2 aliphatic rings. The molecule has 2 aliphatic carbocycles. The lowest BCUT2D eigenvalue weighted by Crippen LogP contribution is -2.50. The molecule has 0 aliphatic heterocycles. The fraction of sp³-hybridized carbons (Fsp3) is 0.321. The second-order valence-corrected chi connectivity index (χ2v) is 9.12. The minimum absolute atomic E-state index is 0.0388. The van der Waals surface area contributed by atoms with Gasteiger partial charge in [0.2, 0.25) is 0 Å². The molecule has 31 heavy (non-hydrogen) atoms. The van der Waals surface area contributed by atoms with Crippen LogP contribution in [0.2, 0.25) is 0 Å². The van der Waals surface area contributed by atoms with Crippen molar-refractivity contribution >= 4 is 6.08 Å². The number of aryl methyl sites for hydroxylation is 1. The lowest BCUT2D eigenvalue weighted by atomic mass is 9.51. The smallest absolute Gasteiger partial charge is 0.128 e. The van der Waals surface area contributed by atoms with Crippen LogP contribution in [0.1, 0.15) is 55.0 Å². The second-order valence-electron chi connectivity index (χ2n) is 9.12. The molecule has 0 radical (unpaired) electrons. The highest BCUT2D eigenvalue weighted by atomic mass is 16.3. The van der Waals surface area contributed by atoms with Gasteiger partial charge < -0.3 is 10.2 Å². The second kappa shape index (κ2) is 7.65. The van der Waals surface area contributed by atoms with Gasteiger partial charge >= 0.3 is 0 Å². The average molecular weight is 412 g/mol. The SMILES string of the molecule is CCC12C/C(=C/c3ccccc3)C(O)(c3ccccn3)CC1CCc1cc(O)ccc12. The van der Waals surface area contributed by atoms with Crippen molar-refractivity contribution in [3.05, 3.63) is 101 Å². The number of hydrogen-bond acceptors (Lipinski definition) is 3. The highest BCUT2D eigenvalue weighted by Crippen LogP contribution is 2.58. The normalized spacial score (nSPS) is 28.7. The molecule has 0 saturated heterocycles. The van der Waals surface area contributed by atoms with Crippen LogP contribution in [-0.4, -0.2) is 15.2 Å². The van der Waals surface area contributed by atoms with E-state index in [1.807, 2.05) is 48.5 Å². The fourth-order valence-corrected chi connectivity index (χ4v) is 6.01. The number of pyridine rings is 1. The van der Waals surface area contributed by atoms with Crippen molar-refractivity contribution in [2.24, 2.45) is 5.92 Å². The van der Waals surface area contributed by atoms with Gasteiger partial charge in [0.1, 0.15) is 11.4 Å². The number of aliphatic hydroxyl groups is 1. The maximum Gasteiger partial charge on any atom is 0.128 e. The number of aromatic hydroxyl groups is 1. The molecule has 3 aromatic rings. The molecule has 1 heterocycles. The van der Waals surface area contributed by atoms with Crippen molar-refractivity contribution < 1.29 is 10.2 Å². The Labute approximate surface area is 184 Å². The van der Waals surface area contributed by atoms with Crippen LogP contribution in [0.5, 0.6) is 5.75 Å². The highest BCUT2D eigenvalue weighted by molar-refractivity contribution is 5.58. The molecule has 3 nitrogen and oxygen atoms in total. The third-order valence-corrected chi connectivity index (χ3v) is 7.61. The molecule has 1 aromatic heterocycles. The van der Waals surface area contributed by atoms with Gasteiger partial charge in [-0.05, 0) is 84.6 Å². The van der Waals surface area contributed by atoms with E-state index < -0.39 is 5.60 Å². The average Bonchev–Trinajstić information content (AvgIpc) is 2.80. The van der Waals surface area contributed by atoms with Crippen LogP contribution in [-0.2, 0) is 17.4 Å². The number of aromatic nitrogens is 1. The first-order valence-corrected chi connectivity index (χ1v) is 11.3. The first kappa shape index (κ1) is 20.0. The van der Waals surface area contributed by atoms with Gasteiger partial charge in [-0.1, -0.05) is 55.5 Å². The Hall–Kier alpha value is -2.91. The van der Waals surface area contributed by atoms with Crippen LogP contribution in [0, 0.1) is 5.92 Å². The van der Waals surface area contributed by atoms with Crippen molar-refractivity contribution in [2.45, 2.75) is 50.0 Å². The number of rotatable bonds is 3. The van der Waals surface area contributed by atoms with Gasteiger partial charge in [0.05, 0.1) is 5.69 Å². The van der Waals surface area contributed by atoms with E-state index >= 15 is 0 Å². The summed E-state index contributed by atoms with van der Waals surface area (Å²) in [6.07, 6.45) is 8.33. The van der Waals surface area contributed by atoms with Crippen molar-refractivity contribution in [3.63, 3.8) is 0 Å². The summed E-state index contributed by atoms with van der Waals surface area (Å²) in [5.74, 6) is 0.693. The van der Waals surface area contributed by atoms with Gasteiger partial charge in [0, 0.05) is 11.6 Å². The van der Waals surface area contributed by atoms with E-state index in [0.29, 0.717) is 18.1 Å². The Morgan fingerprint density at radius 2 is 1.87 bits per heavy atom. The van der Waals surface area contributed by atoms with Crippen LogP contribution >= 0.6 is 0 Å². The zero-order chi connectivity index (χ0) is 21.5. The minimum atomic E-state index is -1.07. The third-order valence-electron chi connectivity index (χ3n) is 7.61. The van der Waals surface area contributed by atoms with E-state index in [4.69, 9.17) is 0 Å². The van der Waals surface area contributed by atoms with Crippen LogP contribution in [0.15, 0.2) is 78.5 Å². The zero-order valence-corrected chi connectivity index (χ0v) is 18.0. The Morgan fingerprint density at radius 3 is 2.61 bits per heavy atom. The van der Waals surface area contributed by atoms with Gasteiger partial charge in [-0.2, -0.15) is 0 Å². The summed E-state index contributed by atoms with van der Waals surface area (Å²) in [6, 6.07) is 21.9. The monoisotopic (exact) mass is 411 g/mol. The zero-order valence-electron chi connectivity index (χ0n) is 18.0. The fourth-order valence-electron chi connectivity index (χ4n) is 6.01. The highest BCUT2D eigenvalue weighted by Gasteiger charge is 2.54. The van der Waals surface area contributed by atoms with E-state index in [1.54, 1.807) is 6.20 Å². The first-order chi connectivity index (χ1) is 15.0. The maximum atomic E-state index is 12.1. The molecule has 158 valence electrons. The molecule has 3 unspecified atom stereocenters. The van der Waals surface area contributed by atoms with Crippen molar-refractivity contribution in [3.8, 4) is 5.75 Å². The topological polar surface area (TPSA) is 53.4 Å². The molecule has 1 fully saturated rings. The minimum Gasteiger partial charge on any atom is -0.508 e. The largest absolute Gasteiger partial charge is 0.508 e. The molecular weight excluding hydrogens is 382 g/mol. The number of hydrogen-bond donors (Lipinski definition) is 2. The molecule has 0 spiro atoms. The molecule has 3 heteroatoms. The van der Waals surface area contributed by atoms with Crippen molar-refractivity contribution in [1.82, 2.24) is 4.98 Å². The molecule has 0 bridgehead atoms. The van der Waals surface area contributed by atoms with Gasteiger partial charge in [0.15, 0.2) is 0 Å². The van der Waals surface area contributed by atoms with Gasteiger partial charge in [-0.3, -0.25) is 4.98 Å². The summed E-state index contributed by atoms with van der Waals surface area (Å²) >= 11 is 0. The summed E-state index contributed by atoms with van der Waals surface area (Å²) in [4.78, 5) is 4.58. The van der Waals surface area contributed by atoms with E-state index in [9.17, 15) is 10.2 Å². The van der Waals surface area contributed by atoms with Crippen LogP contribution in [0.3, 0.4) is 0 Å². The van der Waals surface area contributed by atoms with Crippen molar-refractivity contribution in [1.29, 1.82) is 0 Å². The van der Waals surface area contributed by atoms with E-state index in [1.165, 1.54) is 11.1 Å². The van der Waals surface area contributed by atoms with Crippen LogP contribution in [0.25, 0.3) is 6.08 Å². The molecule has 2 N–H and O–H groups in total. The number of fused-ring (bicyclic) bond motifs is 3. The van der Waals surface area contributed by atoms with E-state index in [2.05, 4.69) is 36.2 Å². The predicted molar refractivity (Wildman–Crippen MR) is 124 cm³/mol. The maximum absolute atomic E-state index is 12.1. The Bertz CT molecular complexity index is 1110.